The van der Waals surface area contributed by atoms with Crippen LogP contribution in [0.4, 0.5) is 10.5 Å². The van der Waals surface area contributed by atoms with Gasteiger partial charge in [0.25, 0.3) is 16.8 Å². The van der Waals surface area contributed by atoms with Crippen molar-refractivity contribution in [3.63, 3.8) is 0 Å². The topological polar surface area (TPSA) is 103 Å². The smallest absolute Gasteiger partial charge is 0.293 e. The van der Waals surface area contributed by atoms with E-state index in [0.717, 1.165) is 26.7 Å². The van der Waals surface area contributed by atoms with Crippen LogP contribution >= 0.6 is 27.7 Å². The molecule has 0 bridgehead atoms. The predicted octanol–water partition coefficient (Wildman–Crippen LogP) is 5.86. The van der Waals surface area contributed by atoms with Crippen molar-refractivity contribution in [3.8, 4) is 17.1 Å². The van der Waals surface area contributed by atoms with Gasteiger partial charge in [-0.05, 0) is 47.7 Å². The minimum atomic E-state index is -0.521. The van der Waals surface area contributed by atoms with E-state index >= 15 is 0 Å². The largest absolute Gasteiger partial charge is 0.497 e. The fourth-order valence-electron chi connectivity index (χ4n) is 3.14. The molecule has 0 unspecified atom stereocenters. The summed E-state index contributed by atoms with van der Waals surface area (Å²) < 4.78 is 11.6. The monoisotopic (exact) mass is 514 g/mol. The summed E-state index contributed by atoms with van der Waals surface area (Å²) in [6, 6.07) is 15.0. The molecule has 2 heterocycles. The first-order valence-corrected chi connectivity index (χ1v) is 10.9. The molecule has 2 aromatic carbocycles. The summed E-state index contributed by atoms with van der Waals surface area (Å²) >= 11 is 4.24. The molecule has 1 aromatic heterocycles. The number of benzene rings is 2. The van der Waals surface area contributed by atoms with E-state index in [1.807, 2.05) is 24.3 Å². The maximum absolute atomic E-state index is 12.8. The number of thioether (sulfide) groups is 1. The number of ether oxygens (including phenoxy) is 1. The molecule has 4 rings (SSSR count). The molecule has 0 aliphatic carbocycles. The van der Waals surface area contributed by atoms with Crippen LogP contribution in [-0.2, 0) is 11.3 Å². The number of halogens is 1. The summed E-state index contributed by atoms with van der Waals surface area (Å²) in [5, 5.41) is 11.1. The van der Waals surface area contributed by atoms with Crippen LogP contribution in [0.2, 0.25) is 0 Å². The van der Waals surface area contributed by atoms with Gasteiger partial charge in [-0.15, -0.1) is 0 Å². The molecule has 1 aliphatic rings. The molecule has 162 valence electrons. The van der Waals surface area contributed by atoms with Crippen molar-refractivity contribution in [2.24, 2.45) is 0 Å². The van der Waals surface area contributed by atoms with Crippen LogP contribution in [-0.4, -0.2) is 28.1 Å². The molecule has 1 saturated heterocycles. The molecule has 3 aromatic rings. The lowest BCUT2D eigenvalue weighted by molar-refractivity contribution is -0.384. The minimum absolute atomic E-state index is 0.144. The number of nitro groups is 1. The number of methoxy groups -OCH3 is 1. The zero-order chi connectivity index (χ0) is 22.8. The number of hydrogen-bond acceptors (Lipinski definition) is 7. The first kappa shape index (κ1) is 21.8. The highest BCUT2D eigenvalue weighted by Crippen LogP contribution is 2.37. The second kappa shape index (κ2) is 9.01. The second-order valence-corrected chi connectivity index (χ2v) is 8.55. The van der Waals surface area contributed by atoms with E-state index in [-0.39, 0.29) is 33.7 Å². The Kier molecular flexibility index (Phi) is 6.15. The van der Waals surface area contributed by atoms with Gasteiger partial charge in [0.1, 0.15) is 17.3 Å². The number of nitrogens with zero attached hydrogens (tertiary/aromatic N) is 2. The molecule has 8 nitrogen and oxygen atoms in total. The summed E-state index contributed by atoms with van der Waals surface area (Å²) in [7, 11) is 1.42. The predicted molar refractivity (Wildman–Crippen MR) is 123 cm³/mol. The van der Waals surface area contributed by atoms with Gasteiger partial charge in [-0.3, -0.25) is 24.6 Å². The maximum atomic E-state index is 12.8. The van der Waals surface area contributed by atoms with Crippen molar-refractivity contribution in [1.82, 2.24) is 4.90 Å². The van der Waals surface area contributed by atoms with Gasteiger partial charge in [0, 0.05) is 10.5 Å². The number of imide groups is 1. The molecular weight excluding hydrogens is 500 g/mol. The Morgan fingerprint density at radius 2 is 1.97 bits per heavy atom. The summed E-state index contributed by atoms with van der Waals surface area (Å²) in [6.07, 6.45) is 1.46. The van der Waals surface area contributed by atoms with E-state index in [2.05, 4.69) is 15.9 Å². The van der Waals surface area contributed by atoms with Crippen molar-refractivity contribution in [3.05, 3.63) is 85.4 Å². The number of nitro benzene ring substituents is 1. The van der Waals surface area contributed by atoms with Crippen LogP contribution in [0.25, 0.3) is 17.4 Å². The van der Waals surface area contributed by atoms with Crippen LogP contribution < -0.4 is 4.74 Å². The standard InChI is InChI=1S/C22H15BrN2O6S/c1-30-14-6-8-16(18(10-14)25(28)29)19-9-7-15(31-19)11-20-21(26)24(22(27)32-20)12-13-4-2-3-5-17(13)23/h2-11H,12H2,1H3/b20-11+. The van der Waals surface area contributed by atoms with Crippen molar-refractivity contribution in [2.75, 3.05) is 7.11 Å². The fourth-order valence-corrected chi connectivity index (χ4v) is 4.36. The molecule has 0 saturated carbocycles. The number of carbonyl (C=O) groups is 2. The minimum Gasteiger partial charge on any atom is -0.497 e. The number of rotatable bonds is 6. The van der Waals surface area contributed by atoms with Gasteiger partial charge in [-0.2, -0.15) is 0 Å². The second-order valence-electron chi connectivity index (χ2n) is 6.70. The zero-order valence-corrected chi connectivity index (χ0v) is 19.0. The SMILES string of the molecule is COc1ccc(-c2ccc(/C=C3/SC(=O)N(Cc4ccccc4Br)C3=O)o2)c([N+](=O)[O-])c1. The van der Waals surface area contributed by atoms with Crippen molar-refractivity contribution >= 4 is 50.6 Å². The van der Waals surface area contributed by atoms with E-state index in [1.165, 1.54) is 25.3 Å². The van der Waals surface area contributed by atoms with Gasteiger partial charge in [0.05, 0.1) is 35.1 Å². The van der Waals surface area contributed by atoms with Gasteiger partial charge in [0.15, 0.2) is 0 Å². The number of carbonyl (C=O) groups excluding carboxylic acids is 2. The van der Waals surface area contributed by atoms with E-state index in [0.29, 0.717) is 11.5 Å². The van der Waals surface area contributed by atoms with Crippen molar-refractivity contribution in [1.29, 1.82) is 0 Å². The van der Waals surface area contributed by atoms with Crippen LogP contribution in [0.3, 0.4) is 0 Å². The molecular formula is C22H15BrN2O6S. The van der Waals surface area contributed by atoms with E-state index in [1.54, 1.807) is 18.2 Å². The molecule has 32 heavy (non-hydrogen) atoms. The lowest BCUT2D eigenvalue weighted by atomic mass is 10.1. The Balaban J connectivity index is 1.59. The average molecular weight is 515 g/mol. The van der Waals surface area contributed by atoms with Gasteiger partial charge in [-0.25, -0.2) is 0 Å². The third-order valence-electron chi connectivity index (χ3n) is 4.73. The molecule has 2 amide bonds. The molecule has 0 N–H and O–H groups in total. The molecule has 10 heteroatoms. The van der Waals surface area contributed by atoms with Crippen LogP contribution in [0.5, 0.6) is 5.75 Å². The maximum Gasteiger partial charge on any atom is 0.293 e. The quantitative estimate of drug-likeness (QED) is 0.230. The Labute approximate surface area is 195 Å². The van der Waals surface area contributed by atoms with Crippen LogP contribution in [0.1, 0.15) is 11.3 Å². The molecule has 1 fully saturated rings. The molecule has 0 spiro atoms. The van der Waals surface area contributed by atoms with Crippen molar-refractivity contribution < 1.29 is 23.7 Å². The summed E-state index contributed by atoms with van der Waals surface area (Å²) in [5.41, 5.74) is 0.916. The third-order valence-corrected chi connectivity index (χ3v) is 6.41. The van der Waals surface area contributed by atoms with E-state index in [9.17, 15) is 19.7 Å². The van der Waals surface area contributed by atoms with Crippen LogP contribution in [0, 0.1) is 10.1 Å². The number of amides is 2. The van der Waals surface area contributed by atoms with Gasteiger partial charge >= 0.3 is 0 Å². The average Bonchev–Trinajstić information content (AvgIpc) is 3.35. The Hall–Kier alpha value is -3.37. The zero-order valence-electron chi connectivity index (χ0n) is 16.6. The van der Waals surface area contributed by atoms with Gasteiger partial charge in [0.2, 0.25) is 0 Å². The summed E-state index contributed by atoms with van der Waals surface area (Å²) in [5.74, 6) is 0.490. The van der Waals surface area contributed by atoms with Crippen LogP contribution in [0.15, 0.2) is 68.4 Å². The number of furan rings is 1. The highest BCUT2D eigenvalue weighted by atomic mass is 79.9. The van der Waals surface area contributed by atoms with E-state index < -0.39 is 10.8 Å². The summed E-state index contributed by atoms with van der Waals surface area (Å²) in [6.45, 7) is 0.144. The highest BCUT2D eigenvalue weighted by molar-refractivity contribution is 9.10. The lowest BCUT2D eigenvalue weighted by Crippen LogP contribution is -2.27. The molecule has 0 radical (unpaired) electrons. The lowest BCUT2D eigenvalue weighted by Gasteiger charge is -2.13. The van der Waals surface area contributed by atoms with Gasteiger partial charge < -0.3 is 9.15 Å². The van der Waals surface area contributed by atoms with Gasteiger partial charge in [-0.1, -0.05) is 34.1 Å². The first-order chi connectivity index (χ1) is 15.4. The fraction of sp³-hybridized carbons (Fsp3) is 0.0909. The van der Waals surface area contributed by atoms with E-state index in [4.69, 9.17) is 9.15 Å². The Morgan fingerprint density at radius 1 is 1.19 bits per heavy atom. The third kappa shape index (κ3) is 4.32. The van der Waals surface area contributed by atoms with Crippen molar-refractivity contribution in [2.45, 2.75) is 6.54 Å². The normalized spacial score (nSPS) is 14.9. The Morgan fingerprint density at radius 3 is 2.69 bits per heavy atom. The molecule has 1 aliphatic heterocycles. The summed E-state index contributed by atoms with van der Waals surface area (Å²) in [4.78, 5) is 37.5. The highest BCUT2D eigenvalue weighted by Gasteiger charge is 2.35. The first-order valence-electron chi connectivity index (χ1n) is 9.29. The molecule has 0 atom stereocenters. The Bertz CT molecular complexity index is 1270. The number of hydrogen-bond donors (Lipinski definition) is 0.